The fourth-order valence-electron chi connectivity index (χ4n) is 4.17. The van der Waals surface area contributed by atoms with Gasteiger partial charge in [-0.2, -0.15) is 0 Å². The van der Waals surface area contributed by atoms with Gasteiger partial charge >= 0.3 is 0 Å². The molecule has 0 bridgehead atoms. The fraction of sp³-hybridized carbons (Fsp3) is 0.357. The topological polar surface area (TPSA) is 99.3 Å². The van der Waals surface area contributed by atoms with Crippen molar-refractivity contribution in [1.29, 1.82) is 0 Å². The second kappa shape index (κ2) is 10.6. The van der Waals surface area contributed by atoms with E-state index in [0.29, 0.717) is 28.9 Å². The standard InChI is InChI=1S/C28H33N7O2/c1-18(2)19(3)37-22-7-9-29-25(17-22)24-8-10-30-28(33-24)31-21-5-6-23-20(15-21)16-26(32-23)27(36)35-13-11-34(4)12-14-35/h5-10,15-19,32H,11-14H2,1-4H3,(H,30,31,33)/t19-/m1/s1. The number of fused-ring (bicyclic) bond motifs is 1. The van der Waals surface area contributed by atoms with Crippen LogP contribution in [-0.2, 0) is 0 Å². The lowest BCUT2D eigenvalue weighted by atomic mass is 10.1. The molecule has 0 spiro atoms. The van der Waals surface area contributed by atoms with Crippen molar-refractivity contribution in [3.8, 4) is 17.1 Å². The molecule has 0 aliphatic carbocycles. The lowest BCUT2D eigenvalue weighted by Gasteiger charge is -2.32. The van der Waals surface area contributed by atoms with Crippen molar-refractivity contribution in [2.24, 2.45) is 5.92 Å². The zero-order chi connectivity index (χ0) is 25.9. The van der Waals surface area contributed by atoms with Gasteiger partial charge in [-0.3, -0.25) is 9.78 Å². The monoisotopic (exact) mass is 499 g/mol. The van der Waals surface area contributed by atoms with E-state index in [-0.39, 0.29) is 12.0 Å². The van der Waals surface area contributed by atoms with E-state index in [1.165, 1.54) is 0 Å². The minimum atomic E-state index is 0.0383. The molecule has 0 radical (unpaired) electrons. The molecule has 1 aliphatic rings. The number of H-pyrrole nitrogens is 1. The van der Waals surface area contributed by atoms with Crippen LogP contribution < -0.4 is 10.1 Å². The summed E-state index contributed by atoms with van der Waals surface area (Å²) in [5.74, 6) is 1.67. The molecule has 37 heavy (non-hydrogen) atoms. The van der Waals surface area contributed by atoms with E-state index in [4.69, 9.17) is 4.74 Å². The van der Waals surface area contributed by atoms with Crippen LogP contribution in [0, 0.1) is 5.92 Å². The van der Waals surface area contributed by atoms with E-state index < -0.39 is 0 Å². The number of nitrogens with zero attached hydrogens (tertiary/aromatic N) is 5. The SMILES string of the molecule is CC(C)[C@@H](C)Oc1ccnc(-c2ccnc(Nc3ccc4[nH]c(C(=O)N5CCN(C)CC5)cc4c3)n2)c1. The zero-order valence-corrected chi connectivity index (χ0v) is 21.7. The molecule has 5 rings (SSSR count). The van der Waals surface area contributed by atoms with Crippen molar-refractivity contribution in [3.05, 3.63) is 60.6 Å². The Hall–Kier alpha value is -3.98. The van der Waals surface area contributed by atoms with Gasteiger partial charge in [0, 0.05) is 61.2 Å². The quantitative estimate of drug-likeness (QED) is 0.384. The summed E-state index contributed by atoms with van der Waals surface area (Å²) in [5, 5.41) is 4.23. The van der Waals surface area contributed by atoms with Gasteiger partial charge in [0.05, 0.1) is 17.5 Å². The van der Waals surface area contributed by atoms with Gasteiger partial charge in [-0.1, -0.05) is 13.8 Å². The average molecular weight is 500 g/mol. The third kappa shape index (κ3) is 5.72. The second-order valence-electron chi connectivity index (χ2n) is 9.91. The Morgan fingerprint density at radius 2 is 1.76 bits per heavy atom. The Labute approximate surface area is 216 Å². The van der Waals surface area contributed by atoms with Crippen LogP contribution in [0.25, 0.3) is 22.3 Å². The fourth-order valence-corrected chi connectivity index (χ4v) is 4.17. The van der Waals surface area contributed by atoms with E-state index in [1.54, 1.807) is 12.4 Å². The normalized spacial score (nSPS) is 15.2. The Bertz CT molecular complexity index is 1390. The number of rotatable bonds is 7. The maximum atomic E-state index is 13.0. The number of ether oxygens (including phenoxy) is 1. The molecule has 4 aromatic rings. The third-order valence-electron chi connectivity index (χ3n) is 6.81. The van der Waals surface area contributed by atoms with Crippen LogP contribution in [0.3, 0.4) is 0 Å². The number of aromatic nitrogens is 4. The van der Waals surface area contributed by atoms with Crippen LogP contribution >= 0.6 is 0 Å². The predicted octanol–water partition coefficient (Wildman–Crippen LogP) is 4.57. The maximum absolute atomic E-state index is 13.0. The summed E-state index contributed by atoms with van der Waals surface area (Å²) in [6, 6.07) is 13.4. The van der Waals surface area contributed by atoms with Gasteiger partial charge in [-0.05, 0) is 56.3 Å². The highest BCUT2D eigenvalue weighted by molar-refractivity contribution is 5.98. The number of carbonyl (C=O) groups excluding carboxylic acids is 1. The van der Waals surface area contributed by atoms with E-state index in [2.05, 4.69) is 58.0 Å². The molecule has 0 saturated carbocycles. The zero-order valence-electron chi connectivity index (χ0n) is 21.7. The van der Waals surface area contributed by atoms with E-state index in [1.807, 2.05) is 47.4 Å². The lowest BCUT2D eigenvalue weighted by molar-refractivity contribution is 0.0659. The molecule has 4 heterocycles. The van der Waals surface area contributed by atoms with Crippen molar-refractivity contribution in [2.75, 3.05) is 38.5 Å². The molecule has 9 heteroatoms. The minimum Gasteiger partial charge on any atom is -0.490 e. The van der Waals surface area contributed by atoms with Crippen LogP contribution in [-0.4, -0.2) is 75.0 Å². The first-order valence-corrected chi connectivity index (χ1v) is 12.7. The Morgan fingerprint density at radius 3 is 2.54 bits per heavy atom. The smallest absolute Gasteiger partial charge is 0.270 e. The summed E-state index contributed by atoms with van der Waals surface area (Å²) in [6.07, 6.45) is 3.53. The number of likely N-dealkylation sites (N-methyl/N-ethyl adjacent to an activating group) is 1. The van der Waals surface area contributed by atoms with Crippen molar-refractivity contribution in [3.63, 3.8) is 0 Å². The van der Waals surface area contributed by atoms with Crippen molar-refractivity contribution in [2.45, 2.75) is 26.9 Å². The first-order chi connectivity index (χ1) is 17.9. The largest absolute Gasteiger partial charge is 0.490 e. The van der Waals surface area contributed by atoms with E-state index >= 15 is 0 Å². The lowest BCUT2D eigenvalue weighted by Crippen LogP contribution is -2.47. The number of amides is 1. The molecule has 1 fully saturated rings. The number of hydrogen-bond donors (Lipinski definition) is 2. The van der Waals surface area contributed by atoms with E-state index in [0.717, 1.165) is 48.5 Å². The Kier molecular flexibility index (Phi) is 7.05. The van der Waals surface area contributed by atoms with Crippen LogP contribution in [0.1, 0.15) is 31.3 Å². The molecule has 1 aliphatic heterocycles. The van der Waals surface area contributed by atoms with E-state index in [9.17, 15) is 4.79 Å². The molecular weight excluding hydrogens is 466 g/mol. The maximum Gasteiger partial charge on any atom is 0.270 e. The second-order valence-corrected chi connectivity index (χ2v) is 9.91. The number of hydrogen-bond acceptors (Lipinski definition) is 7. The number of aromatic amines is 1. The van der Waals surface area contributed by atoms with Gasteiger partial charge in [0.15, 0.2) is 0 Å². The number of piperazine rings is 1. The van der Waals surface area contributed by atoms with Crippen LogP contribution in [0.2, 0.25) is 0 Å². The number of carbonyl (C=O) groups is 1. The summed E-state index contributed by atoms with van der Waals surface area (Å²) < 4.78 is 6.04. The number of benzene rings is 1. The van der Waals surface area contributed by atoms with Gasteiger partial charge in [0.25, 0.3) is 5.91 Å². The van der Waals surface area contributed by atoms with Gasteiger partial charge in [-0.15, -0.1) is 0 Å². The Morgan fingerprint density at radius 1 is 0.973 bits per heavy atom. The summed E-state index contributed by atoms with van der Waals surface area (Å²) in [4.78, 5) is 33.9. The molecule has 1 atom stereocenters. The number of anilines is 2. The van der Waals surface area contributed by atoms with Gasteiger partial charge in [0.1, 0.15) is 11.4 Å². The van der Waals surface area contributed by atoms with Crippen molar-refractivity contribution >= 4 is 28.4 Å². The van der Waals surface area contributed by atoms with Crippen LogP contribution in [0.5, 0.6) is 5.75 Å². The Balaban J connectivity index is 1.31. The summed E-state index contributed by atoms with van der Waals surface area (Å²) in [6.45, 7) is 9.59. The van der Waals surface area contributed by atoms with Gasteiger partial charge < -0.3 is 24.8 Å². The molecule has 9 nitrogen and oxygen atoms in total. The highest BCUT2D eigenvalue weighted by Crippen LogP contribution is 2.25. The molecule has 2 N–H and O–H groups in total. The average Bonchev–Trinajstić information content (AvgIpc) is 3.32. The van der Waals surface area contributed by atoms with Crippen LogP contribution in [0.4, 0.5) is 11.6 Å². The van der Waals surface area contributed by atoms with Crippen molar-refractivity contribution < 1.29 is 9.53 Å². The molecule has 0 unspecified atom stereocenters. The predicted molar refractivity (Wildman–Crippen MR) is 145 cm³/mol. The minimum absolute atomic E-state index is 0.0383. The highest BCUT2D eigenvalue weighted by atomic mass is 16.5. The molecule has 1 amide bonds. The molecule has 192 valence electrons. The van der Waals surface area contributed by atoms with Gasteiger partial charge in [0.2, 0.25) is 5.95 Å². The number of pyridine rings is 1. The molecule has 3 aromatic heterocycles. The molecule has 1 aromatic carbocycles. The summed E-state index contributed by atoms with van der Waals surface area (Å²) in [7, 11) is 2.08. The summed E-state index contributed by atoms with van der Waals surface area (Å²) in [5.41, 5.74) is 3.76. The van der Waals surface area contributed by atoms with Gasteiger partial charge in [-0.25, -0.2) is 9.97 Å². The first kappa shape index (κ1) is 24.7. The first-order valence-electron chi connectivity index (χ1n) is 12.7. The summed E-state index contributed by atoms with van der Waals surface area (Å²) >= 11 is 0. The third-order valence-corrected chi connectivity index (χ3v) is 6.81. The van der Waals surface area contributed by atoms with Crippen LogP contribution in [0.15, 0.2) is 54.9 Å². The molecular formula is C28H33N7O2. The molecule has 1 saturated heterocycles. The number of nitrogens with one attached hydrogen (secondary N) is 2. The highest BCUT2D eigenvalue weighted by Gasteiger charge is 2.21. The van der Waals surface area contributed by atoms with Crippen molar-refractivity contribution in [1.82, 2.24) is 29.7 Å².